The van der Waals surface area contributed by atoms with Gasteiger partial charge < -0.3 is 4.90 Å². The summed E-state index contributed by atoms with van der Waals surface area (Å²) in [5, 5.41) is 11.2. The second-order valence-electron chi connectivity index (χ2n) is 8.13. The molecule has 0 saturated carbocycles. The fourth-order valence-corrected chi connectivity index (χ4v) is 3.86. The van der Waals surface area contributed by atoms with Crippen LogP contribution in [0.2, 0.25) is 0 Å². The van der Waals surface area contributed by atoms with Gasteiger partial charge in [-0.2, -0.15) is 12.6 Å². The van der Waals surface area contributed by atoms with Crippen molar-refractivity contribution in [1.29, 1.82) is 10.9 Å². The Bertz CT molecular complexity index is 902. The van der Waals surface area contributed by atoms with Crippen LogP contribution in [0.1, 0.15) is 43.2 Å². The molecule has 0 unspecified atom stereocenters. The summed E-state index contributed by atoms with van der Waals surface area (Å²) in [6.45, 7) is 11.2. The number of thiol groups is 1. The zero-order chi connectivity index (χ0) is 23.0. The molecular formula is C23H33FN6S. The molecule has 2 aromatic rings. The maximum absolute atomic E-state index is 14.9. The third-order valence-electron chi connectivity index (χ3n) is 5.12. The molecule has 0 spiro atoms. The number of likely N-dealkylation sites (N-methyl/N-ethyl adjacent to an activating group) is 1. The summed E-state index contributed by atoms with van der Waals surface area (Å²) < 4.78 is 14.9. The highest BCUT2D eigenvalue weighted by molar-refractivity contribution is 7.80. The van der Waals surface area contributed by atoms with Gasteiger partial charge >= 0.3 is 0 Å². The smallest absolute Gasteiger partial charge is 0.178 e. The predicted octanol–water partition coefficient (Wildman–Crippen LogP) is 5.30. The quantitative estimate of drug-likeness (QED) is 0.145. The summed E-state index contributed by atoms with van der Waals surface area (Å²) in [5.74, 6) is -0.160. The number of halogens is 1. The molecule has 0 aliphatic carbocycles. The lowest BCUT2D eigenvalue weighted by Gasteiger charge is -2.29. The van der Waals surface area contributed by atoms with Crippen LogP contribution >= 0.6 is 12.6 Å². The molecule has 168 valence electrons. The molecular weight excluding hydrogens is 411 g/mol. The van der Waals surface area contributed by atoms with Crippen molar-refractivity contribution in [1.82, 2.24) is 9.88 Å². The van der Waals surface area contributed by atoms with Crippen LogP contribution in [0.25, 0.3) is 0 Å². The number of pyridine rings is 1. The van der Waals surface area contributed by atoms with E-state index >= 15 is 0 Å². The van der Waals surface area contributed by atoms with Crippen molar-refractivity contribution in [2.75, 3.05) is 30.4 Å². The minimum atomic E-state index is -0.516. The highest BCUT2D eigenvalue weighted by atomic mass is 32.1. The zero-order valence-electron chi connectivity index (χ0n) is 18.8. The molecule has 0 amide bonds. The van der Waals surface area contributed by atoms with E-state index in [0.717, 1.165) is 37.3 Å². The number of hydrogen-bond acceptors (Lipinski definition) is 6. The minimum Gasteiger partial charge on any atom is -0.361 e. The molecule has 31 heavy (non-hydrogen) atoms. The van der Waals surface area contributed by atoms with E-state index in [0.29, 0.717) is 24.0 Å². The average molecular weight is 445 g/mol. The number of amidine groups is 1. The first-order chi connectivity index (χ1) is 14.8. The first-order valence-corrected chi connectivity index (χ1v) is 11.2. The van der Waals surface area contributed by atoms with E-state index in [1.165, 1.54) is 11.6 Å². The molecule has 1 aromatic carbocycles. The van der Waals surface area contributed by atoms with E-state index in [2.05, 4.69) is 61.4 Å². The molecule has 8 heteroatoms. The lowest BCUT2D eigenvalue weighted by molar-refractivity contribution is 0.283. The van der Waals surface area contributed by atoms with Crippen LogP contribution in [0.5, 0.6) is 0 Å². The summed E-state index contributed by atoms with van der Waals surface area (Å²) in [6.07, 6.45) is 2.56. The van der Waals surface area contributed by atoms with Gasteiger partial charge in [-0.05, 0) is 61.2 Å². The SMILES string of the molecule is CCN(CCN(CS)c1cc(CC(C)C)cc(F)c1C(=N)N=N)Cc1cc(C)ccn1. The molecule has 0 bridgehead atoms. The number of hydrogen-bond donors (Lipinski definition) is 3. The van der Waals surface area contributed by atoms with Gasteiger partial charge in [0.15, 0.2) is 5.84 Å². The van der Waals surface area contributed by atoms with Crippen LogP contribution in [-0.4, -0.2) is 41.2 Å². The van der Waals surface area contributed by atoms with Gasteiger partial charge in [0.05, 0.1) is 22.8 Å². The minimum absolute atomic E-state index is 0.0555. The Morgan fingerprint density at radius 2 is 2.00 bits per heavy atom. The third-order valence-corrected chi connectivity index (χ3v) is 5.47. The third kappa shape index (κ3) is 7.11. The molecule has 0 fully saturated rings. The molecule has 1 aromatic heterocycles. The van der Waals surface area contributed by atoms with E-state index in [-0.39, 0.29) is 11.4 Å². The highest BCUT2D eigenvalue weighted by Gasteiger charge is 2.20. The number of anilines is 1. The van der Waals surface area contributed by atoms with E-state index in [1.807, 2.05) is 23.2 Å². The molecule has 2 rings (SSSR count). The van der Waals surface area contributed by atoms with Gasteiger partial charge in [-0.1, -0.05) is 20.8 Å². The molecule has 0 aliphatic rings. The van der Waals surface area contributed by atoms with Gasteiger partial charge in [0.2, 0.25) is 0 Å². The first kappa shape index (κ1) is 24.9. The van der Waals surface area contributed by atoms with Crippen molar-refractivity contribution >= 4 is 24.2 Å². The van der Waals surface area contributed by atoms with Crippen LogP contribution < -0.4 is 4.90 Å². The monoisotopic (exact) mass is 444 g/mol. The second kappa shape index (κ2) is 11.9. The van der Waals surface area contributed by atoms with Crippen LogP contribution in [-0.2, 0) is 13.0 Å². The van der Waals surface area contributed by atoms with Crippen molar-refractivity contribution in [2.45, 2.75) is 40.7 Å². The van der Waals surface area contributed by atoms with Gasteiger partial charge in [0, 0.05) is 25.8 Å². The number of rotatable bonds is 11. The Morgan fingerprint density at radius 1 is 1.26 bits per heavy atom. The molecule has 6 nitrogen and oxygen atoms in total. The number of benzene rings is 1. The van der Waals surface area contributed by atoms with Gasteiger partial charge in [-0.15, -0.1) is 5.11 Å². The van der Waals surface area contributed by atoms with E-state index in [4.69, 9.17) is 10.9 Å². The zero-order valence-corrected chi connectivity index (χ0v) is 19.7. The molecule has 0 aliphatic heterocycles. The Hall–Kier alpha value is -2.32. The normalized spacial score (nSPS) is 11.2. The Kier molecular flexibility index (Phi) is 9.58. The fourth-order valence-electron chi connectivity index (χ4n) is 3.57. The Balaban J connectivity index is 2.27. The van der Waals surface area contributed by atoms with Crippen molar-refractivity contribution < 1.29 is 4.39 Å². The van der Waals surface area contributed by atoms with Gasteiger partial charge in [0.25, 0.3) is 0 Å². The van der Waals surface area contributed by atoms with E-state index in [9.17, 15) is 4.39 Å². The first-order valence-electron chi connectivity index (χ1n) is 10.6. The molecule has 0 atom stereocenters. The topological polar surface area (TPSA) is 79.4 Å². The average Bonchev–Trinajstić information content (AvgIpc) is 2.72. The number of aryl methyl sites for hydroxylation is 1. The summed E-state index contributed by atoms with van der Waals surface area (Å²) in [5.41, 5.74) is 10.9. The van der Waals surface area contributed by atoms with Gasteiger partial charge in [-0.3, -0.25) is 15.3 Å². The van der Waals surface area contributed by atoms with E-state index in [1.54, 1.807) is 0 Å². The largest absolute Gasteiger partial charge is 0.361 e. The number of nitrogens with one attached hydrogen (secondary N) is 2. The molecule has 0 radical (unpaired) electrons. The maximum Gasteiger partial charge on any atom is 0.178 e. The standard InChI is InChI=1S/C23H33FN6S/c1-5-29(14-19-11-17(4)6-7-27-19)8-9-30(15-31)21-13-18(10-16(2)3)12-20(24)22(21)23(25)28-26/h6-7,11-13,16,25-26,31H,5,8-10,14-15H2,1-4H3. The second-order valence-corrected chi connectivity index (χ2v) is 8.41. The van der Waals surface area contributed by atoms with Crippen LogP contribution in [0.3, 0.4) is 0 Å². The maximum atomic E-state index is 14.9. The number of nitrogens with zero attached hydrogens (tertiary/aromatic N) is 4. The summed E-state index contributed by atoms with van der Waals surface area (Å²) in [4.78, 5) is 8.66. The number of aromatic nitrogens is 1. The van der Waals surface area contributed by atoms with Crippen LogP contribution in [0, 0.1) is 29.6 Å². The van der Waals surface area contributed by atoms with Crippen molar-refractivity contribution in [3.05, 3.63) is 58.7 Å². The van der Waals surface area contributed by atoms with Crippen LogP contribution in [0.4, 0.5) is 10.1 Å². The fraction of sp³-hybridized carbons (Fsp3) is 0.478. The van der Waals surface area contributed by atoms with Crippen molar-refractivity contribution in [3.8, 4) is 0 Å². The van der Waals surface area contributed by atoms with Crippen molar-refractivity contribution in [3.63, 3.8) is 0 Å². The molecule has 1 heterocycles. The summed E-state index contributed by atoms with van der Waals surface area (Å²) in [7, 11) is 0. The van der Waals surface area contributed by atoms with Crippen LogP contribution in [0.15, 0.2) is 35.6 Å². The lowest BCUT2D eigenvalue weighted by atomic mass is 9.99. The van der Waals surface area contributed by atoms with Gasteiger partial charge in [0.1, 0.15) is 5.82 Å². The van der Waals surface area contributed by atoms with E-state index < -0.39 is 5.82 Å². The summed E-state index contributed by atoms with van der Waals surface area (Å²) in [6, 6.07) is 7.43. The predicted molar refractivity (Wildman–Crippen MR) is 128 cm³/mol. The van der Waals surface area contributed by atoms with Crippen molar-refractivity contribution in [2.24, 2.45) is 11.0 Å². The Morgan fingerprint density at radius 3 is 2.58 bits per heavy atom. The van der Waals surface area contributed by atoms with Gasteiger partial charge in [-0.25, -0.2) is 9.92 Å². The highest BCUT2D eigenvalue weighted by Crippen LogP contribution is 2.28. The lowest BCUT2D eigenvalue weighted by Crippen LogP contribution is -2.35. The summed E-state index contributed by atoms with van der Waals surface area (Å²) >= 11 is 4.48. The molecule has 2 N–H and O–H groups in total. The Labute approximate surface area is 190 Å². The molecule has 0 saturated heterocycles.